The Morgan fingerprint density at radius 3 is 2.67 bits per heavy atom. The molecule has 0 bridgehead atoms. The van der Waals surface area contributed by atoms with Gasteiger partial charge in [-0.1, -0.05) is 27.7 Å². The van der Waals surface area contributed by atoms with Gasteiger partial charge >= 0.3 is 0 Å². The Hall–Kier alpha value is -0.330. The highest BCUT2D eigenvalue weighted by atomic mass is 79.9. The van der Waals surface area contributed by atoms with Crippen LogP contribution in [0.25, 0.3) is 0 Å². The molecule has 1 heterocycles. The second kappa shape index (κ2) is 6.84. The molecule has 114 valence electrons. The summed E-state index contributed by atoms with van der Waals surface area (Å²) < 4.78 is 2.02. The molecule has 1 amide bonds. The van der Waals surface area contributed by atoms with Crippen LogP contribution in [0, 0.1) is 19.8 Å². The number of thioether (sulfide) groups is 1. The highest BCUT2D eigenvalue weighted by Gasteiger charge is 2.32. The highest BCUT2D eigenvalue weighted by molar-refractivity contribution is 9.11. The zero-order valence-corrected chi connectivity index (χ0v) is 16.2. The Labute approximate surface area is 146 Å². The largest absolute Gasteiger partial charge is 0.311 e. The van der Waals surface area contributed by atoms with Gasteiger partial charge in [0.15, 0.2) is 5.12 Å². The lowest BCUT2D eigenvalue weighted by atomic mass is 10.1. The molecule has 0 saturated carbocycles. The molecule has 0 N–H and O–H groups in total. The van der Waals surface area contributed by atoms with E-state index in [1.165, 1.54) is 11.8 Å². The fraction of sp³-hybridized carbons (Fsp3) is 0.467. The topological polar surface area (TPSA) is 37.4 Å². The molecule has 6 heteroatoms. The molecule has 0 radical (unpaired) electrons. The summed E-state index contributed by atoms with van der Waals surface area (Å²) in [7, 11) is 0. The Balaban J connectivity index is 2.23. The van der Waals surface area contributed by atoms with Gasteiger partial charge in [-0.15, -0.1) is 0 Å². The number of halogens is 2. The number of aryl methyl sites for hydroxylation is 1. The van der Waals surface area contributed by atoms with Crippen LogP contribution in [0.4, 0.5) is 5.69 Å². The number of rotatable bonds is 3. The molecular weight excluding hydrogens is 418 g/mol. The van der Waals surface area contributed by atoms with Gasteiger partial charge in [0.25, 0.3) is 0 Å². The third-order valence-electron chi connectivity index (χ3n) is 3.60. The fourth-order valence-electron chi connectivity index (χ4n) is 2.47. The van der Waals surface area contributed by atoms with Crippen LogP contribution in [0.1, 0.15) is 24.5 Å². The minimum atomic E-state index is 0.109. The molecule has 0 aromatic heterocycles. The van der Waals surface area contributed by atoms with Gasteiger partial charge in [-0.05, 0) is 52.9 Å². The van der Waals surface area contributed by atoms with Crippen LogP contribution in [0.15, 0.2) is 15.0 Å². The van der Waals surface area contributed by atoms with Crippen LogP contribution in [0.2, 0.25) is 0 Å². The van der Waals surface area contributed by atoms with Gasteiger partial charge in [0.2, 0.25) is 5.91 Å². The van der Waals surface area contributed by atoms with E-state index in [-0.39, 0.29) is 16.9 Å². The van der Waals surface area contributed by atoms with Crippen LogP contribution < -0.4 is 4.90 Å². The van der Waals surface area contributed by atoms with E-state index in [9.17, 15) is 9.59 Å². The smallest absolute Gasteiger partial charge is 0.227 e. The highest BCUT2D eigenvalue weighted by Crippen LogP contribution is 2.39. The molecule has 0 aliphatic carbocycles. The van der Waals surface area contributed by atoms with E-state index in [1.807, 2.05) is 24.8 Å². The molecule has 1 unspecified atom stereocenters. The number of hydrogen-bond acceptors (Lipinski definition) is 3. The summed E-state index contributed by atoms with van der Waals surface area (Å²) in [5.74, 6) is 1.08. The second-order valence-electron chi connectivity index (χ2n) is 5.34. The molecule has 1 aliphatic heterocycles. The van der Waals surface area contributed by atoms with Crippen LogP contribution in [0.3, 0.4) is 0 Å². The first-order valence-corrected chi connectivity index (χ1v) is 9.27. The van der Waals surface area contributed by atoms with Crippen LogP contribution in [-0.2, 0) is 9.59 Å². The van der Waals surface area contributed by atoms with Crippen molar-refractivity contribution in [3.8, 4) is 0 Å². The van der Waals surface area contributed by atoms with Crippen molar-refractivity contribution in [1.82, 2.24) is 0 Å². The quantitative estimate of drug-likeness (QED) is 0.704. The number of amides is 1. The van der Waals surface area contributed by atoms with E-state index in [2.05, 4.69) is 31.9 Å². The molecule has 0 spiro atoms. The molecule has 1 aliphatic rings. The Kier molecular flexibility index (Phi) is 5.54. The number of carbonyl (C=O) groups is 2. The third kappa shape index (κ3) is 3.71. The predicted octanol–water partition coefficient (Wildman–Crippen LogP) is 4.46. The van der Waals surface area contributed by atoms with Crippen molar-refractivity contribution in [2.45, 2.75) is 27.2 Å². The summed E-state index contributed by atoms with van der Waals surface area (Å²) in [5.41, 5.74) is 3.13. The van der Waals surface area contributed by atoms with Gasteiger partial charge in [-0.2, -0.15) is 0 Å². The van der Waals surface area contributed by atoms with E-state index in [4.69, 9.17) is 0 Å². The lowest BCUT2D eigenvalue weighted by Crippen LogP contribution is -2.25. The van der Waals surface area contributed by atoms with Gasteiger partial charge in [-0.25, -0.2) is 0 Å². The van der Waals surface area contributed by atoms with Crippen molar-refractivity contribution < 1.29 is 9.59 Å². The maximum atomic E-state index is 12.3. The maximum absolute atomic E-state index is 12.3. The summed E-state index contributed by atoms with van der Waals surface area (Å²) in [4.78, 5) is 25.2. The first kappa shape index (κ1) is 17.0. The number of hydrogen-bond donors (Lipinski definition) is 0. The standard InChI is InChI=1S/C15H17Br2NO2S/c1-8-4-12(15(17)9(2)14(8)16)18-6-11(5-13(18)20)7-21-10(3)19/h4,11H,5-7H2,1-3H3. The maximum Gasteiger partial charge on any atom is 0.227 e. The van der Waals surface area contributed by atoms with Crippen molar-refractivity contribution in [3.05, 3.63) is 26.1 Å². The summed E-state index contributed by atoms with van der Waals surface area (Å²) in [6.45, 7) is 6.29. The Morgan fingerprint density at radius 1 is 1.38 bits per heavy atom. The SMILES string of the molecule is CC(=O)SCC1CC(=O)N(c2cc(C)c(Br)c(C)c2Br)C1. The average Bonchev–Trinajstić information content (AvgIpc) is 2.79. The summed E-state index contributed by atoms with van der Waals surface area (Å²) in [6.07, 6.45) is 0.515. The van der Waals surface area contributed by atoms with E-state index in [0.717, 1.165) is 25.8 Å². The normalized spacial score (nSPS) is 18.4. The van der Waals surface area contributed by atoms with E-state index in [0.29, 0.717) is 18.7 Å². The van der Waals surface area contributed by atoms with Crippen molar-refractivity contribution in [2.24, 2.45) is 5.92 Å². The molecule has 1 fully saturated rings. The predicted molar refractivity (Wildman–Crippen MR) is 94.9 cm³/mol. The number of benzene rings is 1. The molecule has 3 nitrogen and oxygen atoms in total. The number of anilines is 1. The van der Waals surface area contributed by atoms with E-state index in [1.54, 1.807) is 6.92 Å². The number of carbonyl (C=O) groups excluding carboxylic acids is 2. The van der Waals surface area contributed by atoms with Crippen LogP contribution in [0.5, 0.6) is 0 Å². The molecule has 21 heavy (non-hydrogen) atoms. The number of nitrogens with zero attached hydrogens (tertiary/aromatic N) is 1. The summed E-state index contributed by atoms with van der Waals surface area (Å²) in [5, 5.41) is 0.109. The third-order valence-corrected chi connectivity index (χ3v) is 6.87. The molecule has 2 rings (SSSR count). The van der Waals surface area contributed by atoms with Crippen LogP contribution >= 0.6 is 43.6 Å². The van der Waals surface area contributed by atoms with E-state index < -0.39 is 0 Å². The lowest BCUT2D eigenvalue weighted by Gasteiger charge is -2.21. The van der Waals surface area contributed by atoms with Crippen molar-refractivity contribution >= 4 is 60.3 Å². The minimum absolute atomic E-state index is 0.109. The lowest BCUT2D eigenvalue weighted by molar-refractivity contribution is -0.117. The first-order valence-electron chi connectivity index (χ1n) is 6.70. The zero-order valence-electron chi connectivity index (χ0n) is 12.2. The van der Waals surface area contributed by atoms with Gasteiger partial charge in [-0.3, -0.25) is 9.59 Å². The molecule has 1 atom stereocenters. The van der Waals surface area contributed by atoms with Crippen molar-refractivity contribution in [3.63, 3.8) is 0 Å². The molecular formula is C15H17Br2NO2S. The fourth-order valence-corrected chi connectivity index (χ4v) is 4.27. The summed E-state index contributed by atoms with van der Waals surface area (Å²) >= 11 is 8.47. The molecule has 1 aromatic rings. The van der Waals surface area contributed by atoms with Gasteiger partial charge in [0.05, 0.1) is 5.69 Å². The minimum Gasteiger partial charge on any atom is -0.311 e. The average molecular weight is 435 g/mol. The van der Waals surface area contributed by atoms with Gasteiger partial charge in [0.1, 0.15) is 0 Å². The molecule has 1 aromatic carbocycles. The van der Waals surface area contributed by atoms with Crippen molar-refractivity contribution in [1.29, 1.82) is 0 Å². The van der Waals surface area contributed by atoms with Crippen molar-refractivity contribution in [2.75, 3.05) is 17.2 Å². The Bertz CT molecular complexity index is 604. The van der Waals surface area contributed by atoms with E-state index >= 15 is 0 Å². The Morgan fingerprint density at radius 2 is 2.05 bits per heavy atom. The zero-order chi connectivity index (χ0) is 15.7. The molecule has 1 saturated heterocycles. The second-order valence-corrected chi connectivity index (χ2v) is 8.13. The van der Waals surface area contributed by atoms with Gasteiger partial charge < -0.3 is 4.90 Å². The van der Waals surface area contributed by atoms with Gasteiger partial charge in [0, 0.05) is 34.6 Å². The first-order chi connectivity index (χ1) is 9.81. The monoisotopic (exact) mass is 433 g/mol. The summed E-state index contributed by atoms with van der Waals surface area (Å²) in [6, 6.07) is 2.03. The van der Waals surface area contributed by atoms with Crippen LogP contribution in [-0.4, -0.2) is 23.3 Å².